The zero-order valence-electron chi connectivity index (χ0n) is 7.45. The number of halogens is 5. The van der Waals surface area contributed by atoms with Crippen LogP contribution in [0.1, 0.15) is 22.8 Å². The van der Waals surface area contributed by atoms with E-state index in [1.165, 1.54) is 6.92 Å². The van der Waals surface area contributed by atoms with Crippen LogP contribution in [0.5, 0.6) is 0 Å². The van der Waals surface area contributed by atoms with Gasteiger partial charge in [0, 0.05) is 5.56 Å². The third-order valence-electron chi connectivity index (χ3n) is 1.77. The summed E-state index contributed by atoms with van der Waals surface area (Å²) in [6.07, 6.45) is -4.57. The van der Waals surface area contributed by atoms with Gasteiger partial charge in [-0.3, -0.25) is 4.79 Å². The molecule has 15 heavy (non-hydrogen) atoms. The average molecular weight is 257 g/mol. The molecule has 0 saturated carbocycles. The zero-order chi connectivity index (χ0) is 11.8. The molecule has 0 spiro atoms. The van der Waals surface area contributed by atoms with Crippen LogP contribution in [0.3, 0.4) is 0 Å². The highest BCUT2D eigenvalue weighted by Crippen LogP contribution is 2.39. The fourth-order valence-corrected chi connectivity index (χ4v) is 1.61. The third kappa shape index (κ3) is 2.44. The van der Waals surface area contributed by atoms with Crippen LogP contribution in [-0.2, 0) is 6.18 Å². The molecule has 0 heterocycles. The van der Waals surface area contributed by atoms with Crippen molar-refractivity contribution in [1.29, 1.82) is 0 Å². The second-order valence-corrected chi connectivity index (χ2v) is 3.60. The van der Waals surface area contributed by atoms with Crippen LogP contribution in [0, 0.1) is 0 Å². The summed E-state index contributed by atoms with van der Waals surface area (Å²) in [4.78, 5) is 11.0. The van der Waals surface area contributed by atoms with Gasteiger partial charge in [0.25, 0.3) is 0 Å². The Kier molecular flexibility index (Phi) is 3.31. The van der Waals surface area contributed by atoms with Gasteiger partial charge in [-0.05, 0) is 19.1 Å². The van der Waals surface area contributed by atoms with E-state index in [9.17, 15) is 18.0 Å². The quantitative estimate of drug-likeness (QED) is 0.688. The van der Waals surface area contributed by atoms with E-state index in [1.807, 2.05) is 0 Å². The Morgan fingerprint density at radius 3 is 2.13 bits per heavy atom. The Morgan fingerprint density at radius 1 is 1.20 bits per heavy atom. The number of hydrogen-bond donors (Lipinski definition) is 0. The molecule has 1 aromatic carbocycles. The fourth-order valence-electron chi connectivity index (χ4n) is 1.04. The van der Waals surface area contributed by atoms with E-state index in [4.69, 9.17) is 23.2 Å². The Balaban J connectivity index is 3.41. The number of carbonyl (C=O) groups is 1. The molecule has 1 aromatic rings. The molecule has 0 amide bonds. The van der Waals surface area contributed by atoms with E-state index in [-0.39, 0.29) is 10.6 Å². The molecule has 0 bridgehead atoms. The monoisotopic (exact) mass is 256 g/mol. The largest absolute Gasteiger partial charge is 0.417 e. The summed E-state index contributed by atoms with van der Waals surface area (Å²) < 4.78 is 37.0. The van der Waals surface area contributed by atoms with E-state index in [0.29, 0.717) is 0 Å². The van der Waals surface area contributed by atoms with Gasteiger partial charge in [-0.2, -0.15) is 13.2 Å². The number of benzene rings is 1. The van der Waals surface area contributed by atoms with E-state index < -0.39 is 22.5 Å². The van der Waals surface area contributed by atoms with E-state index in [2.05, 4.69) is 0 Å². The summed E-state index contributed by atoms with van der Waals surface area (Å²) in [5, 5.41) is -1.00. The minimum Gasteiger partial charge on any atom is -0.294 e. The first-order chi connectivity index (χ1) is 6.75. The maximum absolute atomic E-state index is 12.3. The molecule has 6 heteroatoms. The van der Waals surface area contributed by atoms with Crippen molar-refractivity contribution in [2.24, 2.45) is 0 Å². The number of ketones is 1. The van der Waals surface area contributed by atoms with Crippen molar-refractivity contribution in [3.63, 3.8) is 0 Å². The van der Waals surface area contributed by atoms with Crippen LogP contribution in [-0.4, -0.2) is 5.78 Å². The van der Waals surface area contributed by atoms with Crippen LogP contribution < -0.4 is 0 Å². The highest BCUT2D eigenvalue weighted by molar-refractivity contribution is 6.44. The lowest BCUT2D eigenvalue weighted by Crippen LogP contribution is -2.07. The predicted molar refractivity (Wildman–Crippen MR) is 51.5 cm³/mol. The first-order valence-electron chi connectivity index (χ1n) is 3.81. The second kappa shape index (κ2) is 4.02. The first-order valence-corrected chi connectivity index (χ1v) is 4.57. The average Bonchev–Trinajstić information content (AvgIpc) is 2.06. The maximum atomic E-state index is 12.3. The van der Waals surface area contributed by atoms with Crippen molar-refractivity contribution in [2.75, 3.05) is 0 Å². The molecular formula is C9H5Cl2F3O. The number of carbonyl (C=O) groups excluding carboxylic acids is 1. The van der Waals surface area contributed by atoms with Gasteiger partial charge in [-0.15, -0.1) is 0 Å². The topological polar surface area (TPSA) is 17.1 Å². The van der Waals surface area contributed by atoms with E-state index >= 15 is 0 Å². The molecule has 1 rings (SSSR count). The third-order valence-corrected chi connectivity index (χ3v) is 2.65. The SMILES string of the molecule is CC(=O)c1ccc(C(F)(F)F)c(Cl)c1Cl. The van der Waals surface area contributed by atoms with Gasteiger partial charge in [-0.1, -0.05) is 23.2 Å². The lowest BCUT2D eigenvalue weighted by atomic mass is 10.1. The Bertz CT molecular complexity index is 413. The lowest BCUT2D eigenvalue weighted by Gasteiger charge is -2.11. The van der Waals surface area contributed by atoms with Crippen LogP contribution in [0.4, 0.5) is 13.2 Å². The molecule has 0 aliphatic heterocycles. The molecule has 0 unspecified atom stereocenters. The lowest BCUT2D eigenvalue weighted by molar-refractivity contribution is -0.137. The fraction of sp³-hybridized carbons (Fsp3) is 0.222. The molecule has 0 aliphatic carbocycles. The molecule has 0 aromatic heterocycles. The van der Waals surface area contributed by atoms with Gasteiger partial charge in [0.1, 0.15) is 0 Å². The van der Waals surface area contributed by atoms with Crippen molar-refractivity contribution in [1.82, 2.24) is 0 Å². The van der Waals surface area contributed by atoms with Crippen LogP contribution in [0.25, 0.3) is 0 Å². The smallest absolute Gasteiger partial charge is 0.294 e. The van der Waals surface area contributed by atoms with Crippen LogP contribution in [0.15, 0.2) is 12.1 Å². The molecule has 0 radical (unpaired) electrons. The molecule has 0 fully saturated rings. The molecule has 82 valence electrons. The van der Waals surface area contributed by atoms with Gasteiger partial charge < -0.3 is 0 Å². The summed E-state index contributed by atoms with van der Waals surface area (Å²) in [7, 11) is 0. The van der Waals surface area contributed by atoms with Gasteiger partial charge in [0.15, 0.2) is 5.78 Å². The zero-order valence-corrected chi connectivity index (χ0v) is 8.96. The van der Waals surface area contributed by atoms with Gasteiger partial charge in [-0.25, -0.2) is 0 Å². The first kappa shape index (κ1) is 12.3. The van der Waals surface area contributed by atoms with Crippen molar-refractivity contribution in [3.05, 3.63) is 33.3 Å². The molecular weight excluding hydrogens is 252 g/mol. The summed E-state index contributed by atoms with van der Waals surface area (Å²) >= 11 is 11.0. The summed E-state index contributed by atoms with van der Waals surface area (Å²) in [6.45, 7) is 1.20. The minimum atomic E-state index is -4.57. The van der Waals surface area contributed by atoms with Crippen molar-refractivity contribution in [3.8, 4) is 0 Å². The van der Waals surface area contributed by atoms with Crippen LogP contribution >= 0.6 is 23.2 Å². The Morgan fingerprint density at radius 2 is 1.73 bits per heavy atom. The predicted octanol–water partition coefficient (Wildman–Crippen LogP) is 4.21. The molecule has 0 N–H and O–H groups in total. The van der Waals surface area contributed by atoms with Crippen molar-refractivity contribution in [2.45, 2.75) is 13.1 Å². The maximum Gasteiger partial charge on any atom is 0.417 e. The van der Waals surface area contributed by atoms with Crippen LogP contribution in [0.2, 0.25) is 10.0 Å². The molecule has 0 aliphatic rings. The van der Waals surface area contributed by atoms with Gasteiger partial charge in [0.2, 0.25) is 0 Å². The van der Waals surface area contributed by atoms with Crippen molar-refractivity contribution >= 4 is 29.0 Å². The standard InChI is InChI=1S/C9H5Cl2F3O/c1-4(15)5-2-3-6(9(12,13)14)8(11)7(5)10/h2-3H,1H3. The molecule has 1 nitrogen and oxygen atoms in total. The minimum absolute atomic E-state index is 0.0188. The summed E-state index contributed by atoms with van der Waals surface area (Å²) in [5.41, 5.74) is -1.06. The number of alkyl halides is 3. The van der Waals surface area contributed by atoms with E-state index in [1.54, 1.807) is 0 Å². The highest BCUT2D eigenvalue weighted by atomic mass is 35.5. The summed E-state index contributed by atoms with van der Waals surface area (Å²) in [6, 6.07) is 1.75. The van der Waals surface area contributed by atoms with Gasteiger partial charge >= 0.3 is 6.18 Å². The molecule has 0 atom stereocenters. The second-order valence-electron chi connectivity index (χ2n) is 2.84. The number of hydrogen-bond acceptors (Lipinski definition) is 1. The Labute approximate surface area is 93.8 Å². The molecule has 0 saturated heterocycles. The Hall–Kier alpha value is -0.740. The normalized spacial score (nSPS) is 11.6. The number of Topliss-reactive ketones (excluding diaryl/α,β-unsaturated/α-hetero) is 1. The van der Waals surface area contributed by atoms with Crippen molar-refractivity contribution < 1.29 is 18.0 Å². The van der Waals surface area contributed by atoms with E-state index in [0.717, 1.165) is 12.1 Å². The number of rotatable bonds is 1. The summed E-state index contributed by atoms with van der Waals surface area (Å²) in [5.74, 6) is -0.435. The van der Waals surface area contributed by atoms with Gasteiger partial charge in [0.05, 0.1) is 15.6 Å². The highest BCUT2D eigenvalue weighted by Gasteiger charge is 2.34.